The van der Waals surface area contributed by atoms with Gasteiger partial charge in [-0.3, -0.25) is 14.4 Å². The molecule has 0 aliphatic carbocycles. The Bertz CT molecular complexity index is 629. The van der Waals surface area contributed by atoms with Crippen LogP contribution in [0.5, 0.6) is 0 Å². The van der Waals surface area contributed by atoms with Crippen LogP contribution in [-0.2, 0) is 14.4 Å². The molecule has 1 aromatic carbocycles. The van der Waals surface area contributed by atoms with E-state index in [1.807, 2.05) is 0 Å². The molecule has 0 bridgehead atoms. The van der Waals surface area contributed by atoms with Gasteiger partial charge in [0.1, 0.15) is 5.82 Å². The topological polar surface area (TPSA) is 69.7 Å². The van der Waals surface area contributed by atoms with Crippen LogP contribution in [0.15, 0.2) is 29.2 Å². The third-order valence-electron chi connectivity index (χ3n) is 3.71. The Hall–Kier alpha value is -2.09. The zero-order valence-corrected chi connectivity index (χ0v) is 15.1. The molecule has 2 rings (SSSR count). The standard InChI is InChI=1S/C17H22FN3O3S/c1-12(2)19-16(23)17(24)21-9-7-20(8-10-21)15(22)11-25-14-5-3-13(18)4-6-14/h3-6,12H,7-11H2,1-2H3,(H,19,23). The minimum Gasteiger partial charge on any atom is -0.346 e. The highest BCUT2D eigenvalue weighted by Gasteiger charge is 2.27. The van der Waals surface area contributed by atoms with Crippen molar-refractivity contribution < 1.29 is 18.8 Å². The Labute approximate surface area is 150 Å². The van der Waals surface area contributed by atoms with Crippen molar-refractivity contribution in [3.05, 3.63) is 30.1 Å². The minimum absolute atomic E-state index is 0.0342. The van der Waals surface area contributed by atoms with Crippen LogP contribution in [0.4, 0.5) is 4.39 Å². The Kier molecular flexibility index (Phi) is 6.81. The Morgan fingerprint density at radius 3 is 2.20 bits per heavy atom. The van der Waals surface area contributed by atoms with Gasteiger partial charge in [-0.1, -0.05) is 0 Å². The summed E-state index contributed by atoms with van der Waals surface area (Å²) >= 11 is 1.35. The molecule has 0 aromatic heterocycles. The van der Waals surface area contributed by atoms with Crippen molar-refractivity contribution in [2.24, 2.45) is 0 Å². The number of benzene rings is 1. The van der Waals surface area contributed by atoms with E-state index in [0.29, 0.717) is 26.2 Å². The number of piperazine rings is 1. The highest BCUT2D eigenvalue weighted by molar-refractivity contribution is 8.00. The van der Waals surface area contributed by atoms with Gasteiger partial charge in [0.15, 0.2) is 0 Å². The number of hydrogen-bond donors (Lipinski definition) is 1. The van der Waals surface area contributed by atoms with E-state index in [2.05, 4.69) is 5.32 Å². The molecule has 1 saturated heterocycles. The van der Waals surface area contributed by atoms with Crippen LogP contribution in [0, 0.1) is 5.82 Å². The second kappa shape index (κ2) is 8.84. The highest BCUT2D eigenvalue weighted by atomic mass is 32.2. The van der Waals surface area contributed by atoms with Crippen molar-refractivity contribution in [3.8, 4) is 0 Å². The number of hydrogen-bond acceptors (Lipinski definition) is 4. The van der Waals surface area contributed by atoms with Crippen LogP contribution in [0.3, 0.4) is 0 Å². The molecule has 0 saturated carbocycles. The Balaban J connectivity index is 1.77. The van der Waals surface area contributed by atoms with Crippen molar-refractivity contribution in [1.82, 2.24) is 15.1 Å². The predicted octanol–water partition coefficient (Wildman–Crippen LogP) is 1.11. The van der Waals surface area contributed by atoms with Gasteiger partial charge < -0.3 is 15.1 Å². The summed E-state index contributed by atoms with van der Waals surface area (Å²) < 4.78 is 12.9. The van der Waals surface area contributed by atoms with E-state index in [0.717, 1.165) is 4.90 Å². The first-order valence-electron chi connectivity index (χ1n) is 8.12. The smallest absolute Gasteiger partial charge is 0.312 e. The summed E-state index contributed by atoms with van der Waals surface area (Å²) in [7, 11) is 0. The number of nitrogens with zero attached hydrogens (tertiary/aromatic N) is 2. The second-order valence-corrected chi connectivity index (χ2v) is 7.09. The molecule has 6 nitrogen and oxygen atoms in total. The summed E-state index contributed by atoms with van der Waals surface area (Å²) in [5.74, 6) is -1.25. The van der Waals surface area contributed by atoms with Gasteiger partial charge in [0.25, 0.3) is 0 Å². The monoisotopic (exact) mass is 367 g/mol. The number of carbonyl (C=O) groups is 3. The fourth-order valence-electron chi connectivity index (χ4n) is 2.39. The predicted molar refractivity (Wildman–Crippen MR) is 93.6 cm³/mol. The fourth-order valence-corrected chi connectivity index (χ4v) is 3.19. The lowest BCUT2D eigenvalue weighted by Gasteiger charge is -2.34. The Morgan fingerprint density at radius 2 is 1.64 bits per heavy atom. The molecule has 0 spiro atoms. The van der Waals surface area contributed by atoms with E-state index in [-0.39, 0.29) is 23.5 Å². The van der Waals surface area contributed by atoms with Crippen LogP contribution in [-0.4, -0.2) is 65.5 Å². The van der Waals surface area contributed by atoms with E-state index in [4.69, 9.17) is 0 Å². The number of nitrogens with one attached hydrogen (secondary N) is 1. The number of thioether (sulfide) groups is 1. The summed E-state index contributed by atoms with van der Waals surface area (Å²) in [6, 6.07) is 5.90. The van der Waals surface area contributed by atoms with Gasteiger partial charge in [-0.2, -0.15) is 0 Å². The molecule has 1 aromatic rings. The first-order valence-corrected chi connectivity index (χ1v) is 9.11. The number of rotatable bonds is 4. The summed E-state index contributed by atoms with van der Waals surface area (Å²) in [4.78, 5) is 40.0. The highest BCUT2D eigenvalue weighted by Crippen LogP contribution is 2.19. The zero-order chi connectivity index (χ0) is 18.4. The average Bonchev–Trinajstić information content (AvgIpc) is 2.60. The van der Waals surface area contributed by atoms with Crippen molar-refractivity contribution in [2.75, 3.05) is 31.9 Å². The van der Waals surface area contributed by atoms with Crippen LogP contribution >= 0.6 is 11.8 Å². The maximum Gasteiger partial charge on any atom is 0.312 e. The molecule has 1 heterocycles. The van der Waals surface area contributed by atoms with Crippen LogP contribution in [0.2, 0.25) is 0 Å². The lowest BCUT2D eigenvalue weighted by molar-refractivity contribution is -0.148. The van der Waals surface area contributed by atoms with Crippen molar-refractivity contribution in [1.29, 1.82) is 0 Å². The molecular formula is C17H22FN3O3S. The quantitative estimate of drug-likeness (QED) is 0.639. The summed E-state index contributed by atoms with van der Waals surface area (Å²) in [5.41, 5.74) is 0. The van der Waals surface area contributed by atoms with Gasteiger partial charge in [0.2, 0.25) is 5.91 Å². The maximum absolute atomic E-state index is 12.9. The van der Waals surface area contributed by atoms with E-state index < -0.39 is 11.8 Å². The van der Waals surface area contributed by atoms with Crippen molar-refractivity contribution in [2.45, 2.75) is 24.8 Å². The zero-order valence-electron chi connectivity index (χ0n) is 14.3. The van der Waals surface area contributed by atoms with E-state index >= 15 is 0 Å². The largest absolute Gasteiger partial charge is 0.346 e. The number of amides is 3. The third-order valence-corrected chi connectivity index (χ3v) is 4.71. The molecule has 25 heavy (non-hydrogen) atoms. The molecule has 8 heteroatoms. The molecule has 0 atom stereocenters. The van der Waals surface area contributed by atoms with Gasteiger partial charge in [0.05, 0.1) is 5.75 Å². The second-order valence-electron chi connectivity index (χ2n) is 6.04. The van der Waals surface area contributed by atoms with E-state index in [1.165, 1.54) is 28.8 Å². The van der Waals surface area contributed by atoms with Gasteiger partial charge in [-0.15, -0.1) is 11.8 Å². The van der Waals surface area contributed by atoms with E-state index in [1.54, 1.807) is 30.9 Å². The summed E-state index contributed by atoms with van der Waals surface area (Å²) in [6.45, 7) is 5.09. The first kappa shape index (κ1) is 19.2. The molecule has 136 valence electrons. The van der Waals surface area contributed by atoms with Gasteiger partial charge >= 0.3 is 11.8 Å². The molecule has 1 fully saturated rings. The minimum atomic E-state index is -0.610. The van der Waals surface area contributed by atoms with Crippen molar-refractivity contribution in [3.63, 3.8) is 0 Å². The molecule has 1 aliphatic heterocycles. The van der Waals surface area contributed by atoms with Crippen molar-refractivity contribution >= 4 is 29.5 Å². The SMILES string of the molecule is CC(C)NC(=O)C(=O)N1CCN(C(=O)CSc2ccc(F)cc2)CC1. The molecular weight excluding hydrogens is 345 g/mol. The Morgan fingerprint density at radius 1 is 1.08 bits per heavy atom. The van der Waals surface area contributed by atoms with Crippen LogP contribution in [0.1, 0.15) is 13.8 Å². The molecule has 1 N–H and O–H groups in total. The number of carbonyl (C=O) groups excluding carboxylic acids is 3. The normalized spacial score (nSPS) is 14.6. The lowest BCUT2D eigenvalue weighted by Crippen LogP contribution is -2.54. The van der Waals surface area contributed by atoms with E-state index in [9.17, 15) is 18.8 Å². The molecule has 3 amide bonds. The average molecular weight is 367 g/mol. The van der Waals surface area contributed by atoms with Gasteiger partial charge in [-0.05, 0) is 38.1 Å². The van der Waals surface area contributed by atoms with Crippen LogP contribution in [0.25, 0.3) is 0 Å². The molecule has 0 unspecified atom stereocenters. The first-order chi connectivity index (χ1) is 11.9. The molecule has 1 aliphatic rings. The van der Waals surface area contributed by atoms with Crippen LogP contribution < -0.4 is 5.32 Å². The summed E-state index contributed by atoms with van der Waals surface area (Å²) in [6.07, 6.45) is 0. The van der Waals surface area contributed by atoms with Gasteiger partial charge in [0, 0.05) is 37.1 Å². The van der Waals surface area contributed by atoms with Gasteiger partial charge in [-0.25, -0.2) is 4.39 Å². The maximum atomic E-state index is 12.9. The lowest BCUT2D eigenvalue weighted by atomic mass is 10.3. The number of halogens is 1. The third kappa shape index (κ3) is 5.74. The molecule has 0 radical (unpaired) electrons. The fraction of sp³-hybridized carbons (Fsp3) is 0.471. The summed E-state index contributed by atoms with van der Waals surface area (Å²) in [5, 5.41) is 2.58.